The van der Waals surface area contributed by atoms with Crippen LogP contribution >= 0.6 is 81.2 Å². The van der Waals surface area contributed by atoms with Crippen molar-refractivity contribution in [1.29, 1.82) is 0 Å². The summed E-state index contributed by atoms with van der Waals surface area (Å²) in [5, 5.41) is 8.12. The SMILES string of the molecule is Cc1cc(NC(=O)c2ccc(COc3c(Cl)c(Cl)c(Cl)c(Cl)c3Cl)o2)nn1Cc1ccc(Cl)c(Cl)c1. The van der Waals surface area contributed by atoms with Gasteiger partial charge in [-0.15, -0.1) is 0 Å². The van der Waals surface area contributed by atoms with E-state index in [1.54, 1.807) is 28.9 Å². The van der Waals surface area contributed by atoms with Crippen LogP contribution in [0.15, 0.2) is 40.8 Å². The van der Waals surface area contributed by atoms with E-state index >= 15 is 0 Å². The van der Waals surface area contributed by atoms with Gasteiger partial charge in [-0.3, -0.25) is 9.48 Å². The Morgan fingerprint density at radius 3 is 2.25 bits per heavy atom. The summed E-state index contributed by atoms with van der Waals surface area (Å²) in [6, 6.07) is 10.1. The minimum Gasteiger partial charge on any atom is -0.482 e. The van der Waals surface area contributed by atoms with Gasteiger partial charge < -0.3 is 14.5 Å². The summed E-state index contributed by atoms with van der Waals surface area (Å²) < 4.78 is 12.9. The number of ether oxygens (including phenoxy) is 1. The first-order valence-electron chi connectivity index (χ1n) is 10.1. The van der Waals surface area contributed by atoms with Crippen LogP contribution in [0.25, 0.3) is 0 Å². The first-order valence-corrected chi connectivity index (χ1v) is 12.7. The number of hydrogen-bond acceptors (Lipinski definition) is 4. The summed E-state index contributed by atoms with van der Waals surface area (Å²) in [4.78, 5) is 12.7. The molecule has 4 aromatic rings. The number of aromatic nitrogens is 2. The fourth-order valence-corrected chi connectivity index (χ4v) is 4.70. The molecule has 0 aliphatic carbocycles. The van der Waals surface area contributed by atoms with Gasteiger partial charge >= 0.3 is 0 Å². The van der Waals surface area contributed by atoms with E-state index in [1.165, 1.54) is 6.07 Å². The Labute approximate surface area is 240 Å². The summed E-state index contributed by atoms with van der Waals surface area (Å²) in [6.45, 7) is 2.22. The van der Waals surface area contributed by atoms with E-state index in [0.717, 1.165) is 11.3 Å². The van der Waals surface area contributed by atoms with E-state index in [-0.39, 0.29) is 43.2 Å². The number of hydrogen-bond donors (Lipinski definition) is 1. The zero-order valence-electron chi connectivity index (χ0n) is 18.1. The van der Waals surface area contributed by atoms with Gasteiger partial charge in [-0.1, -0.05) is 87.3 Å². The third-order valence-corrected chi connectivity index (χ3v) is 7.93. The second-order valence-corrected chi connectivity index (χ2v) is 10.2. The summed E-state index contributed by atoms with van der Waals surface area (Å²) in [5.74, 6) is 0.290. The van der Waals surface area contributed by atoms with E-state index in [2.05, 4.69) is 10.4 Å². The monoisotopic (exact) mass is 625 g/mol. The van der Waals surface area contributed by atoms with Gasteiger partial charge in [0.25, 0.3) is 5.91 Å². The third kappa shape index (κ3) is 5.86. The van der Waals surface area contributed by atoms with Crippen LogP contribution in [0.1, 0.15) is 27.6 Å². The summed E-state index contributed by atoms with van der Waals surface area (Å²) in [7, 11) is 0. The number of amides is 1. The molecule has 1 amide bonds. The van der Waals surface area contributed by atoms with Crippen LogP contribution in [0.3, 0.4) is 0 Å². The van der Waals surface area contributed by atoms with Crippen molar-refractivity contribution in [3.63, 3.8) is 0 Å². The summed E-state index contributed by atoms with van der Waals surface area (Å²) in [6.07, 6.45) is 0. The molecule has 0 saturated carbocycles. The molecule has 0 spiro atoms. The molecule has 13 heteroatoms. The molecule has 0 fully saturated rings. The van der Waals surface area contributed by atoms with Gasteiger partial charge in [0.2, 0.25) is 0 Å². The molecule has 0 unspecified atom stereocenters. The molecular weight excluding hydrogens is 614 g/mol. The highest BCUT2D eigenvalue weighted by Crippen LogP contribution is 2.48. The van der Waals surface area contributed by atoms with Crippen LogP contribution in [0, 0.1) is 6.92 Å². The quantitative estimate of drug-likeness (QED) is 0.164. The van der Waals surface area contributed by atoms with E-state index in [0.29, 0.717) is 28.2 Å². The number of furan rings is 1. The number of anilines is 1. The predicted molar refractivity (Wildman–Crippen MR) is 145 cm³/mol. The van der Waals surface area contributed by atoms with E-state index in [9.17, 15) is 4.79 Å². The molecule has 0 atom stereocenters. The fourth-order valence-electron chi connectivity index (χ4n) is 3.15. The Kier molecular flexibility index (Phi) is 8.57. The minimum atomic E-state index is -0.492. The largest absolute Gasteiger partial charge is 0.482 e. The van der Waals surface area contributed by atoms with Crippen molar-refractivity contribution >= 4 is 92.9 Å². The third-order valence-electron chi connectivity index (χ3n) is 4.95. The van der Waals surface area contributed by atoms with E-state index in [4.69, 9.17) is 90.4 Å². The number of nitrogens with zero attached hydrogens (tertiary/aromatic N) is 2. The Morgan fingerprint density at radius 2 is 1.58 bits per heavy atom. The highest BCUT2D eigenvalue weighted by molar-refractivity contribution is 6.55. The number of benzene rings is 2. The van der Waals surface area contributed by atoms with Gasteiger partial charge in [0.05, 0.1) is 31.7 Å². The van der Waals surface area contributed by atoms with Crippen molar-refractivity contribution in [2.24, 2.45) is 0 Å². The maximum atomic E-state index is 12.7. The molecule has 2 heterocycles. The Balaban J connectivity index is 1.41. The van der Waals surface area contributed by atoms with Gasteiger partial charge in [-0.05, 0) is 36.8 Å². The number of nitrogens with one attached hydrogen (secondary N) is 1. The van der Waals surface area contributed by atoms with Crippen LogP contribution in [-0.4, -0.2) is 15.7 Å². The zero-order valence-corrected chi connectivity index (χ0v) is 23.4. The molecule has 36 heavy (non-hydrogen) atoms. The van der Waals surface area contributed by atoms with Gasteiger partial charge in [0.1, 0.15) is 22.4 Å². The average Bonchev–Trinajstić information content (AvgIpc) is 3.45. The molecule has 1 N–H and O–H groups in total. The molecule has 0 bridgehead atoms. The number of carbonyl (C=O) groups excluding carboxylic acids is 1. The first kappa shape index (κ1) is 27.3. The molecule has 6 nitrogen and oxygen atoms in total. The highest BCUT2D eigenvalue weighted by Gasteiger charge is 2.21. The van der Waals surface area contributed by atoms with Gasteiger partial charge in [0.15, 0.2) is 17.3 Å². The lowest BCUT2D eigenvalue weighted by Crippen LogP contribution is -2.12. The predicted octanol–water partition coefficient (Wildman–Crippen LogP) is 9.24. The van der Waals surface area contributed by atoms with Crippen LogP contribution < -0.4 is 10.1 Å². The maximum Gasteiger partial charge on any atom is 0.292 e. The van der Waals surface area contributed by atoms with Crippen LogP contribution in [0.2, 0.25) is 35.2 Å². The van der Waals surface area contributed by atoms with Gasteiger partial charge in [0, 0.05) is 11.8 Å². The second-order valence-electron chi connectivity index (χ2n) is 7.48. The Hall–Kier alpha value is -1.77. The van der Waals surface area contributed by atoms with Crippen LogP contribution in [-0.2, 0) is 13.2 Å². The molecule has 0 radical (unpaired) electrons. The smallest absolute Gasteiger partial charge is 0.292 e. The van der Waals surface area contributed by atoms with Crippen molar-refractivity contribution in [3.05, 3.63) is 94.3 Å². The zero-order chi connectivity index (χ0) is 26.1. The number of halogens is 7. The average molecular weight is 629 g/mol. The van der Waals surface area contributed by atoms with Crippen LogP contribution in [0.4, 0.5) is 5.82 Å². The van der Waals surface area contributed by atoms with Gasteiger partial charge in [-0.2, -0.15) is 5.10 Å². The topological polar surface area (TPSA) is 69.3 Å². The van der Waals surface area contributed by atoms with Crippen LogP contribution in [0.5, 0.6) is 5.75 Å². The summed E-state index contributed by atoms with van der Waals surface area (Å²) in [5.41, 5.74) is 1.74. The van der Waals surface area contributed by atoms with Crippen molar-refractivity contribution in [2.45, 2.75) is 20.1 Å². The molecule has 2 aromatic heterocycles. The summed E-state index contributed by atoms with van der Waals surface area (Å²) >= 11 is 42.5. The normalized spacial score (nSPS) is 11.1. The highest BCUT2D eigenvalue weighted by atomic mass is 35.5. The second kappa shape index (κ2) is 11.3. The van der Waals surface area contributed by atoms with Crippen molar-refractivity contribution < 1.29 is 13.9 Å². The lowest BCUT2D eigenvalue weighted by Gasteiger charge is -2.12. The maximum absolute atomic E-state index is 12.7. The lowest BCUT2D eigenvalue weighted by molar-refractivity contribution is 0.0992. The molecule has 0 aliphatic heterocycles. The van der Waals surface area contributed by atoms with Crippen molar-refractivity contribution in [2.75, 3.05) is 5.32 Å². The number of aryl methyl sites for hydroxylation is 1. The Bertz CT molecular complexity index is 1440. The standard InChI is InChI=1S/C23H14Cl7N3O3/c1-10-6-16(32-33(10)8-11-2-4-13(24)14(25)7-11)31-23(34)15-5-3-12(36-15)9-35-22-20(29)18(27)17(26)19(28)21(22)30/h2-7H,8-9H2,1H3,(H,31,32,34). The van der Waals surface area contributed by atoms with Gasteiger partial charge in [-0.25, -0.2) is 0 Å². The van der Waals surface area contributed by atoms with E-state index < -0.39 is 5.91 Å². The van der Waals surface area contributed by atoms with E-state index in [1.807, 2.05) is 13.0 Å². The lowest BCUT2D eigenvalue weighted by atomic mass is 10.2. The fraction of sp³-hybridized carbons (Fsp3) is 0.130. The number of carbonyl (C=O) groups is 1. The van der Waals surface area contributed by atoms with Crippen molar-refractivity contribution in [1.82, 2.24) is 9.78 Å². The minimum absolute atomic E-state index is 0.00687. The molecule has 188 valence electrons. The first-order chi connectivity index (χ1) is 17.0. The number of rotatable bonds is 7. The molecule has 2 aromatic carbocycles. The molecule has 0 saturated heterocycles. The Morgan fingerprint density at radius 1 is 0.917 bits per heavy atom. The molecule has 4 rings (SSSR count). The van der Waals surface area contributed by atoms with Crippen molar-refractivity contribution in [3.8, 4) is 5.75 Å². The molecule has 0 aliphatic rings. The molecular formula is C23H14Cl7N3O3.